The highest BCUT2D eigenvalue weighted by molar-refractivity contribution is 5.95. The van der Waals surface area contributed by atoms with Crippen molar-refractivity contribution in [3.63, 3.8) is 0 Å². The van der Waals surface area contributed by atoms with E-state index in [2.05, 4.69) is 11.0 Å². The molecule has 0 spiro atoms. The van der Waals surface area contributed by atoms with Crippen LogP contribution in [0.3, 0.4) is 0 Å². The lowest BCUT2D eigenvalue weighted by Gasteiger charge is -2.23. The van der Waals surface area contributed by atoms with Crippen molar-refractivity contribution in [2.45, 2.75) is 26.8 Å². The number of carbonyl (C=O) groups excluding carboxylic acids is 1. The van der Waals surface area contributed by atoms with Gasteiger partial charge in [0, 0.05) is 38.3 Å². The van der Waals surface area contributed by atoms with Crippen LogP contribution in [-0.2, 0) is 6.54 Å². The van der Waals surface area contributed by atoms with Gasteiger partial charge >= 0.3 is 0 Å². The molecular formula is C22H25N3O. The molecule has 0 aromatic heterocycles. The lowest BCUT2D eigenvalue weighted by molar-refractivity contribution is 0.0760. The predicted molar refractivity (Wildman–Crippen MR) is 103 cm³/mol. The van der Waals surface area contributed by atoms with E-state index in [-0.39, 0.29) is 5.91 Å². The summed E-state index contributed by atoms with van der Waals surface area (Å²) in [6, 6.07) is 16.0. The minimum atomic E-state index is 0.145. The van der Waals surface area contributed by atoms with Crippen LogP contribution in [0.5, 0.6) is 0 Å². The zero-order valence-corrected chi connectivity index (χ0v) is 15.5. The van der Waals surface area contributed by atoms with Crippen LogP contribution in [-0.4, -0.2) is 41.9 Å². The molecule has 0 unspecified atom stereocenters. The first-order chi connectivity index (χ1) is 12.6. The van der Waals surface area contributed by atoms with Crippen LogP contribution >= 0.6 is 0 Å². The minimum absolute atomic E-state index is 0.145. The number of nitriles is 1. The molecule has 2 aromatic carbocycles. The standard InChI is InChI=1S/C22H25N3O/c1-17-4-5-18(2)21(14-17)22(26)25-11-3-10-24(12-13-25)16-20-8-6-19(15-23)7-9-20/h4-9,14H,3,10-13,16H2,1-2H3. The van der Waals surface area contributed by atoms with Gasteiger partial charge in [0.25, 0.3) is 5.91 Å². The minimum Gasteiger partial charge on any atom is -0.337 e. The summed E-state index contributed by atoms with van der Waals surface area (Å²) in [6.07, 6.45) is 0.979. The number of nitrogens with zero attached hydrogens (tertiary/aromatic N) is 3. The molecule has 0 bridgehead atoms. The van der Waals surface area contributed by atoms with Crippen molar-refractivity contribution in [2.75, 3.05) is 26.2 Å². The molecular weight excluding hydrogens is 322 g/mol. The molecule has 134 valence electrons. The van der Waals surface area contributed by atoms with Gasteiger partial charge in [-0.2, -0.15) is 5.26 Å². The Morgan fingerprint density at radius 3 is 2.54 bits per heavy atom. The molecule has 1 aliphatic heterocycles. The molecule has 4 heteroatoms. The van der Waals surface area contributed by atoms with Crippen molar-refractivity contribution in [2.24, 2.45) is 0 Å². The Balaban J connectivity index is 1.63. The van der Waals surface area contributed by atoms with Gasteiger partial charge < -0.3 is 4.90 Å². The van der Waals surface area contributed by atoms with Gasteiger partial charge in [-0.05, 0) is 49.6 Å². The first-order valence-electron chi connectivity index (χ1n) is 9.15. The summed E-state index contributed by atoms with van der Waals surface area (Å²) in [5, 5.41) is 8.90. The number of carbonyl (C=O) groups is 1. The van der Waals surface area contributed by atoms with E-state index in [4.69, 9.17) is 5.26 Å². The van der Waals surface area contributed by atoms with Crippen LogP contribution in [0.4, 0.5) is 0 Å². The van der Waals surface area contributed by atoms with E-state index in [9.17, 15) is 4.79 Å². The molecule has 1 fully saturated rings. The van der Waals surface area contributed by atoms with Crippen LogP contribution in [0.15, 0.2) is 42.5 Å². The number of amides is 1. The van der Waals surface area contributed by atoms with Gasteiger partial charge in [0.05, 0.1) is 11.6 Å². The second-order valence-corrected chi connectivity index (χ2v) is 7.05. The second kappa shape index (κ2) is 8.16. The Kier molecular flexibility index (Phi) is 5.70. The maximum atomic E-state index is 12.9. The third-order valence-electron chi connectivity index (χ3n) is 4.99. The second-order valence-electron chi connectivity index (χ2n) is 7.05. The van der Waals surface area contributed by atoms with Crippen LogP contribution < -0.4 is 0 Å². The zero-order valence-electron chi connectivity index (χ0n) is 15.5. The highest BCUT2D eigenvalue weighted by Crippen LogP contribution is 2.16. The van der Waals surface area contributed by atoms with Gasteiger partial charge in [0.1, 0.15) is 0 Å². The highest BCUT2D eigenvalue weighted by atomic mass is 16.2. The van der Waals surface area contributed by atoms with Crippen molar-refractivity contribution < 1.29 is 4.79 Å². The molecule has 4 nitrogen and oxygen atoms in total. The zero-order chi connectivity index (χ0) is 18.5. The van der Waals surface area contributed by atoms with Crippen molar-refractivity contribution in [3.8, 4) is 6.07 Å². The molecule has 1 saturated heterocycles. The Bertz CT molecular complexity index is 820. The van der Waals surface area contributed by atoms with E-state index >= 15 is 0 Å². The summed E-state index contributed by atoms with van der Waals surface area (Å²) < 4.78 is 0. The SMILES string of the molecule is Cc1ccc(C)c(C(=O)N2CCCN(Cc3ccc(C#N)cc3)CC2)c1. The quantitative estimate of drug-likeness (QED) is 0.853. The van der Waals surface area contributed by atoms with E-state index < -0.39 is 0 Å². The van der Waals surface area contributed by atoms with Crippen LogP contribution in [0.1, 0.15) is 39.0 Å². The molecule has 0 radical (unpaired) electrons. The van der Waals surface area contributed by atoms with E-state index in [1.165, 1.54) is 5.56 Å². The van der Waals surface area contributed by atoms with Crippen molar-refractivity contribution >= 4 is 5.91 Å². The van der Waals surface area contributed by atoms with Crippen LogP contribution in [0.25, 0.3) is 0 Å². The maximum Gasteiger partial charge on any atom is 0.254 e. The van der Waals surface area contributed by atoms with E-state index in [0.29, 0.717) is 5.56 Å². The molecule has 26 heavy (non-hydrogen) atoms. The Labute approximate surface area is 155 Å². The van der Waals surface area contributed by atoms with E-state index in [1.807, 2.05) is 61.2 Å². The molecule has 1 amide bonds. The predicted octanol–water partition coefficient (Wildman–Crippen LogP) is 3.52. The number of hydrogen-bond acceptors (Lipinski definition) is 3. The Morgan fingerprint density at radius 1 is 1.04 bits per heavy atom. The number of aryl methyl sites for hydroxylation is 2. The van der Waals surface area contributed by atoms with Gasteiger partial charge in [-0.15, -0.1) is 0 Å². The van der Waals surface area contributed by atoms with Crippen molar-refractivity contribution in [1.82, 2.24) is 9.80 Å². The van der Waals surface area contributed by atoms with Crippen LogP contribution in [0.2, 0.25) is 0 Å². The fourth-order valence-corrected chi connectivity index (χ4v) is 3.41. The topological polar surface area (TPSA) is 47.3 Å². The average molecular weight is 347 g/mol. The fourth-order valence-electron chi connectivity index (χ4n) is 3.41. The van der Waals surface area contributed by atoms with Crippen LogP contribution in [0, 0.1) is 25.2 Å². The highest BCUT2D eigenvalue weighted by Gasteiger charge is 2.21. The number of benzene rings is 2. The van der Waals surface area contributed by atoms with E-state index in [0.717, 1.165) is 55.8 Å². The fraction of sp³-hybridized carbons (Fsp3) is 0.364. The molecule has 0 N–H and O–H groups in total. The Morgan fingerprint density at radius 2 is 1.81 bits per heavy atom. The lowest BCUT2D eigenvalue weighted by atomic mass is 10.0. The maximum absolute atomic E-state index is 12.9. The molecule has 1 heterocycles. The molecule has 0 saturated carbocycles. The van der Waals surface area contributed by atoms with Gasteiger partial charge in [0.2, 0.25) is 0 Å². The largest absolute Gasteiger partial charge is 0.337 e. The summed E-state index contributed by atoms with van der Waals surface area (Å²) in [5.74, 6) is 0.145. The van der Waals surface area contributed by atoms with Gasteiger partial charge in [0.15, 0.2) is 0 Å². The molecule has 1 aliphatic rings. The van der Waals surface area contributed by atoms with Crippen molar-refractivity contribution in [3.05, 3.63) is 70.3 Å². The van der Waals surface area contributed by atoms with Gasteiger partial charge in [-0.3, -0.25) is 9.69 Å². The Hall–Kier alpha value is -2.64. The lowest BCUT2D eigenvalue weighted by Crippen LogP contribution is -2.35. The summed E-state index contributed by atoms with van der Waals surface area (Å²) in [7, 11) is 0. The number of rotatable bonds is 3. The third-order valence-corrected chi connectivity index (χ3v) is 4.99. The van der Waals surface area contributed by atoms with Crippen molar-refractivity contribution in [1.29, 1.82) is 5.26 Å². The van der Waals surface area contributed by atoms with E-state index in [1.54, 1.807) is 0 Å². The summed E-state index contributed by atoms with van der Waals surface area (Å²) in [4.78, 5) is 17.3. The number of hydrogen-bond donors (Lipinski definition) is 0. The molecule has 0 aliphatic carbocycles. The summed E-state index contributed by atoms with van der Waals surface area (Å²) >= 11 is 0. The molecule has 2 aromatic rings. The summed E-state index contributed by atoms with van der Waals surface area (Å²) in [5.41, 5.74) is 4.88. The first-order valence-corrected chi connectivity index (χ1v) is 9.15. The normalized spacial score (nSPS) is 15.3. The monoisotopic (exact) mass is 347 g/mol. The molecule has 3 rings (SSSR count). The van der Waals surface area contributed by atoms with Gasteiger partial charge in [-0.1, -0.05) is 29.8 Å². The summed E-state index contributed by atoms with van der Waals surface area (Å²) in [6.45, 7) is 8.29. The first kappa shape index (κ1) is 18.2. The average Bonchev–Trinajstić information content (AvgIpc) is 2.89. The van der Waals surface area contributed by atoms with Gasteiger partial charge in [-0.25, -0.2) is 0 Å². The smallest absolute Gasteiger partial charge is 0.254 e. The molecule has 0 atom stereocenters. The third kappa shape index (κ3) is 4.30.